The fourth-order valence-corrected chi connectivity index (χ4v) is 2.92. The van der Waals surface area contributed by atoms with Crippen LogP contribution in [-0.4, -0.2) is 37.6 Å². The van der Waals surface area contributed by atoms with Crippen LogP contribution in [0.4, 0.5) is 0 Å². The third-order valence-corrected chi connectivity index (χ3v) is 4.16. The maximum Gasteiger partial charge on any atom is 0.0251 e. The monoisotopic (exact) mass is 226 g/mol. The van der Waals surface area contributed by atoms with Gasteiger partial charge in [-0.1, -0.05) is 27.2 Å². The molecule has 96 valence electrons. The van der Waals surface area contributed by atoms with Crippen molar-refractivity contribution in [1.82, 2.24) is 10.2 Å². The lowest BCUT2D eigenvalue weighted by Gasteiger charge is -2.44. The maximum absolute atomic E-state index is 3.51. The zero-order chi connectivity index (χ0) is 12.2. The van der Waals surface area contributed by atoms with Gasteiger partial charge in [0.1, 0.15) is 0 Å². The van der Waals surface area contributed by atoms with Gasteiger partial charge in [-0.2, -0.15) is 0 Å². The van der Waals surface area contributed by atoms with Crippen molar-refractivity contribution >= 4 is 0 Å². The average Bonchev–Trinajstić information content (AvgIpc) is 2.24. The molecular weight excluding hydrogens is 196 g/mol. The molecule has 2 heteroatoms. The molecule has 0 amide bonds. The van der Waals surface area contributed by atoms with E-state index in [1.807, 2.05) is 0 Å². The largest absolute Gasteiger partial charge is 0.315 e. The number of hydrogen-bond donors (Lipinski definition) is 1. The quantitative estimate of drug-likeness (QED) is 0.775. The second-order valence-electron chi connectivity index (χ2n) is 6.20. The summed E-state index contributed by atoms with van der Waals surface area (Å²) in [7, 11) is 4.41. The predicted molar refractivity (Wildman–Crippen MR) is 71.8 cm³/mol. The van der Waals surface area contributed by atoms with Crippen LogP contribution in [0.2, 0.25) is 0 Å². The third-order valence-electron chi connectivity index (χ3n) is 4.16. The molecule has 0 spiro atoms. The van der Waals surface area contributed by atoms with E-state index in [0.717, 1.165) is 6.04 Å². The molecule has 0 heterocycles. The van der Waals surface area contributed by atoms with Gasteiger partial charge < -0.3 is 10.2 Å². The van der Waals surface area contributed by atoms with E-state index in [0.29, 0.717) is 11.5 Å². The highest BCUT2D eigenvalue weighted by atomic mass is 15.2. The first-order valence-corrected chi connectivity index (χ1v) is 6.87. The standard InChI is InChI=1S/C14H30N2/c1-6-7-10-16(5)13-11-14(2,3)9-8-12(13)15-4/h12-13,15H,6-11H2,1-5H3. The minimum absolute atomic E-state index is 0.526. The Hall–Kier alpha value is -0.0800. The van der Waals surface area contributed by atoms with Crippen LogP contribution in [0.15, 0.2) is 0 Å². The lowest BCUT2D eigenvalue weighted by atomic mass is 9.72. The van der Waals surface area contributed by atoms with E-state index in [-0.39, 0.29) is 0 Å². The Morgan fingerprint density at radius 2 is 2.06 bits per heavy atom. The summed E-state index contributed by atoms with van der Waals surface area (Å²) >= 11 is 0. The molecule has 1 rings (SSSR count). The van der Waals surface area contributed by atoms with E-state index in [2.05, 4.69) is 45.1 Å². The fraction of sp³-hybridized carbons (Fsp3) is 1.00. The van der Waals surface area contributed by atoms with E-state index in [9.17, 15) is 0 Å². The molecular formula is C14H30N2. The Balaban J connectivity index is 2.57. The van der Waals surface area contributed by atoms with Gasteiger partial charge in [0.05, 0.1) is 0 Å². The van der Waals surface area contributed by atoms with E-state index < -0.39 is 0 Å². The number of nitrogens with one attached hydrogen (secondary N) is 1. The molecule has 2 unspecified atom stereocenters. The molecule has 1 fully saturated rings. The van der Waals surface area contributed by atoms with Gasteiger partial charge in [0, 0.05) is 12.1 Å². The summed E-state index contributed by atoms with van der Waals surface area (Å²) in [5, 5.41) is 3.51. The molecule has 0 aliphatic heterocycles. The van der Waals surface area contributed by atoms with Crippen LogP contribution in [-0.2, 0) is 0 Å². The first kappa shape index (κ1) is 14.0. The van der Waals surface area contributed by atoms with E-state index in [1.54, 1.807) is 0 Å². The highest BCUT2D eigenvalue weighted by molar-refractivity contribution is 4.93. The van der Waals surface area contributed by atoms with Crippen LogP contribution in [0, 0.1) is 5.41 Å². The van der Waals surface area contributed by atoms with Crippen molar-refractivity contribution in [2.75, 3.05) is 20.6 Å². The Morgan fingerprint density at radius 1 is 1.38 bits per heavy atom. The zero-order valence-electron chi connectivity index (χ0n) is 11.8. The summed E-state index contributed by atoms with van der Waals surface area (Å²) < 4.78 is 0. The van der Waals surface area contributed by atoms with Crippen LogP contribution in [0.3, 0.4) is 0 Å². The summed E-state index contributed by atoms with van der Waals surface area (Å²) in [6.45, 7) is 8.35. The number of unbranched alkanes of at least 4 members (excludes halogenated alkanes) is 1. The summed E-state index contributed by atoms with van der Waals surface area (Å²) in [6.07, 6.45) is 6.63. The minimum Gasteiger partial charge on any atom is -0.315 e. The highest BCUT2D eigenvalue weighted by Gasteiger charge is 2.35. The maximum atomic E-state index is 3.51. The molecule has 16 heavy (non-hydrogen) atoms. The zero-order valence-corrected chi connectivity index (χ0v) is 11.8. The molecule has 1 N–H and O–H groups in total. The van der Waals surface area contributed by atoms with Crippen molar-refractivity contribution in [1.29, 1.82) is 0 Å². The van der Waals surface area contributed by atoms with Crippen molar-refractivity contribution in [2.45, 2.75) is 65.0 Å². The van der Waals surface area contributed by atoms with Gasteiger partial charge in [-0.15, -0.1) is 0 Å². The first-order chi connectivity index (χ1) is 7.50. The molecule has 0 saturated heterocycles. The van der Waals surface area contributed by atoms with Gasteiger partial charge in [0.15, 0.2) is 0 Å². The normalized spacial score (nSPS) is 29.6. The van der Waals surface area contributed by atoms with Crippen LogP contribution in [0.5, 0.6) is 0 Å². The van der Waals surface area contributed by atoms with E-state index in [4.69, 9.17) is 0 Å². The van der Waals surface area contributed by atoms with Crippen LogP contribution < -0.4 is 5.32 Å². The molecule has 1 aliphatic rings. The Kier molecular flexibility index (Phi) is 5.26. The van der Waals surface area contributed by atoms with Crippen molar-refractivity contribution < 1.29 is 0 Å². The Morgan fingerprint density at radius 3 is 2.62 bits per heavy atom. The topological polar surface area (TPSA) is 15.3 Å². The molecule has 1 aliphatic carbocycles. The second-order valence-corrected chi connectivity index (χ2v) is 6.20. The van der Waals surface area contributed by atoms with Gasteiger partial charge in [0.25, 0.3) is 0 Å². The SMILES string of the molecule is CCCCN(C)C1CC(C)(C)CCC1NC. The molecule has 0 bridgehead atoms. The van der Waals surface area contributed by atoms with Crippen molar-refractivity contribution in [3.63, 3.8) is 0 Å². The fourth-order valence-electron chi connectivity index (χ4n) is 2.92. The lowest BCUT2D eigenvalue weighted by Crippen LogP contribution is -2.52. The smallest absolute Gasteiger partial charge is 0.0251 e. The number of hydrogen-bond acceptors (Lipinski definition) is 2. The average molecular weight is 226 g/mol. The summed E-state index contributed by atoms with van der Waals surface area (Å²) in [4.78, 5) is 2.57. The number of nitrogens with zero attached hydrogens (tertiary/aromatic N) is 1. The summed E-state index contributed by atoms with van der Waals surface area (Å²) in [5.41, 5.74) is 0.526. The van der Waals surface area contributed by atoms with Gasteiger partial charge in [-0.3, -0.25) is 0 Å². The van der Waals surface area contributed by atoms with Gasteiger partial charge >= 0.3 is 0 Å². The molecule has 0 aromatic rings. The van der Waals surface area contributed by atoms with Gasteiger partial charge in [-0.25, -0.2) is 0 Å². The predicted octanol–water partition coefficient (Wildman–Crippen LogP) is 2.89. The van der Waals surface area contributed by atoms with Crippen molar-refractivity contribution in [3.8, 4) is 0 Å². The summed E-state index contributed by atoms with van der Waals surface area (Å²) in [5.74, 6) is 0. The molecule has 2 atom stereocenters. The molecule has 0 radical (unpaired) electrons. The number of likely N-dealkylation sites (N-methyl/N-ethyl adjacent to an activating group) is 2. The van der Waals surface area contributed by atoms with Crippen LogP contribution >= 0.6 is 0 Å². The van der Waals surface area contributed by atoms with Crippen LogP contribution in [0.25, 0.3) is 0 Å². The van der Waals surface area contributed by atoms with E-state index in [1.165, 1.54) is 38.6 Å². The van der Waals surface area contributed by atoms with Gasteiger partial charge in [0.2, 0.25) is 0 Å². The molecule has 2 nitrogen and oxygen atoms in total. The lowest BCUT2D eigenvalue weighted by molar-refractivity contribution is 0.0841. The molecule has 1 saturated carbocycles. The minimum atomic E-state index is 0.526. The van der Waals surface area contributed by atoms with Crippen LogP contribution in [0.1, 0.15) is 52.9 Å². The van der Waals surface area contributed by atoms with Crippen molar-refractivity contribution in [3.05, 3.63) is 0 Å². The summed E-state index contributed by atoms with van der Waals surface area (Å²) in [6, 6.07) is 1.41. The number of rotatable bonds is 5. The Labute approximate surface area is 102 Å². The highest BCUT2D eigenvalue weighted by Crippen LogP contribution is 2.37. The second kappa shape index (κ2) is 6.02. The van der Waals surface area contributed by atoms with Gasteiger partial charge in [-0.05, 0) is 51.7 Å². The third kappa shape index (κ3) is 3.74. The Bertz CT molecular complexity index is 201. The first-order valence-electron chi connectivity index (χ1n) is 6.87. The van der Waals surface area contributed by atoms with Crippen molar-refractivity contribution in [2.24, 2.45) is 5.41 Å². The van der Waals surface area contributed by atoms with E-state index >= 15 is 0 Å². The molecule has 0 aromatic carbocycles. The molecule has 0 aromatic heterocycles.